The number of aliphatic hydroxyl groups excluding tert-OH is 1. The lowest BCUT2D eigenvalue weighted by molar-refractivity contribution is -0.131. The lowest BCUT2D eigenvalue weighted by atomic mass is 10.0. The van der Waals surface area contributed by atoms with Crippen LogP contribution >= 0.6 is 11.8 Å². The van der Waals surface area contributed by atoms with Crippen LogP contribution in [0, 0.1) is 13.8 Å². The third kappa shape index (κ3) is 8.20. The highest BCUT2D eigenvalue weighted by Gasteiger charge is 2.32. The first-order valence-corrected chi connectivity index (χ1v) is 14.6. The molecule has 44 heavy (non-hydrogen) atoms. The second-order valence-electron chi connectivity index (χ2n) is 10.5. The van der Waals surface area contributed by atoms with Crippen molar-refractivity contribution in [3.8, 4) is 0 Å². The Bertz CT molecular complexity index is 1600. The fourth-order valence-electron chi connectivity index (χ4n) is 4.33. The van der Waals surface area contributed by atoms with Crippen LogP contribution < -0.4 is 16.0 Å². The van der Waals surface area contributed by atoms with E-state index in [4.69, 9.17) is 4.52 Å². The molecular weight excluding hydrogens is 586 g/mol. The van der Waals surface area contributed by atoms with Gasteiger partial charge in [-0.15, -0.1) is 0 Å². The average Bonchev–Trinajstić information content (AvgIpc) is 3.53. The van der Waals surface area contributed by atoms with E-state index in [2.05, 4.69) is 21.1 Å². The number of nitrogens with zero attached hydrogens (tertiary/aromatic N) is 2. The minimum absolute atomic E-state index is 0.0470. The normalized spacial score (nSPS) is 16.0. The van der Waals surface area contributed by atoms with Crippen LogP contribution in [0.4, 0.5) is 4.79 Å². The summed E-state index contributed by atoms with van der Waals surface area (Å²) in [7, 11) is 1.41. The number of rotatable bonds is 11. The molecule has 12 nitrogen and oxygen atoms in total. The van der Waals surface area contributed by atoms with Crippen LogP contribution in [-0.2, 0) is 27.3 Å². The average molecular weight is 620 g/mol. The third-order valence-corrected chi connectivity index (χ3v) is 7.77. The van der Waals surface area contributed by atoms with E-state index >= 15 is 0 Å². The van der Waals surface area contributed by atoms with Crippen LogP contribution in [0.1, 0.15) is 45.4 Å². The molecule has 0 aliphatic carbocycles. The summed E-state index contributed by atoms with van der Waals surface area (Å²) in [5.41, 5.74) is 3.15. The zero-order valence-corrected chi connectivity index (χ0v) is 25.4. The van der Waals surface area contributed by atoms with Gasteiger partial charge in [-0.05, 0) is 55.3 Å². The second-order valence-corrected chi connectivity index (χ2v) is 11.5. The van der Waals surface area contributed by atoms with Gasteiger partial charge in [0.1, 0.15) is 17.8 Å². The minimum Gasteiger partial charge on any atom is -0.391 e. The van der Waals surface area contributed by atoms with Crippen molar-refractivity contribution < 1.29 is 33.6 Å². The van der Waals surface area contributed by atoms with Gasteiger partial charge in [0.25, 0.3) is 17.1 Å². The predicted octanol–water partition coefficient (Wildman–Crippen LogP) is 2.48. The Morgan fingerprint density at radius 2 is 1.75 bits per heavy atom. The quantitative estimate of drug-likeness (QED) is 0.235. The molecule has 13 heteroatoms. The fraction of sp³-hybridized carbons (Fsp3) is 0.290. The van der Waals surface area contributed by atoms with Gasteiger partial charge in [0, 0.05) is 26.1 Å². The van der Waals surface area contributed by atoms with Gasteiger partial charge < -0.3 is 25.6 Å². The summed E-state index contributed by atoms with van der Waals surface area (Å²) in [6.07, 6.45) is 0.333. The van der Waals surface area contributed by atoms with Crippen LogP contribution in [0.2, 0.25) is 0 Å². The van der Waals surface area contributed by atoms with Gasteiger partial charge in [-0.25, -0.2) is 0 Å². The number of carbonyl (C=O) groups is 5. The first kappa shape index (κ1) is 32.2. The number of thioether (sulfide) groups is 1. The van der Waals surface area contributed by atoms with E-state index < -0.39 is 41.8 Å². The third-order valence-electron chi connectivity index (χ3n) is 6.81. The number of hydrogen-bond donors (Lipinski definition) is 4. The molecule has 1 aliphatic heterocycles. The highest BCUT2D eigenvalue weighted by atomic mass is 32.2. The maximum Gasteiger partial charge on any atom is 0.293 e. The number of imide groups is 1. The number of aromatic nitrogens is 1. The molecule has 0 unspecified atom stereocenters. The number of aliphatic hydroxyl groups is 1. The molecule has 230 valence electrons. The summed E-state index contributed by atoms with van der Waals surface area (Å²) in [5.74, 6) is -2.01. The lowest BCUT2D eigenvalue weighted by Crippen LogP contribution is -2.57. The highest BCUT2D eigenvalue weighted by Crippen LogP contribution is 2.31. The molecule has 4 rings (SSSR count). The summed E-state index contributed by atoms with van der Waals surface area (Å²) in [4.78, 5) is 65.0. The molecule has 3 aromatic rings. The molecule has 1 saturated heterocycles. The van der Waals surface area contributed by atoms with E-state index in [9.17, 15) is 29.1 Å². The van der Waals surface area contributed by atoms with Crippen LogP contribution in [0.5, 0.6) is 0 Å². The Labute approximate surface area is 258 Å². The van der Waals surface area contributed by atoms with Crippen molar-refractivity contribution in [3.05, 3.63) is 93.2 Å². The number of amides is 5. The molecule has 0 saturated carbocycles. The summed E-state index contributed by atoms with van der Waals surface area (Å²) >= 11 is 0.834. The van der Waals surface area contributed by atoms with Crippen molar-refractivity contribution in [2.45, 2.75) is 51.9 Å². The summed E-state index contributed by atoms with van der Waals surface area (Å²) < 4.78 is 4.92. The smallest absolute Gasteiger partial charge is 0.293 e. The van der Waals surface area contributed by atoms with Crippen molar-refractivity contribution in [2.24, 2.45) is 0 Å². The van der Waals surface area contributed by atoms with Crippen LogP contribution in [-0.4, -0.2) is 69.3 Å². The van der Waals surface area contributed by atoms with E-state index in [0.29, 0.717) is 16.9 Å². The molecule has 1 aliphatic rings. The van der Waals surface area contributed by atoms with E-state index in [1.165, 1.54) is 20.0 Å². The Morgan fingerprint density at radius 3 is 2.36 bits per heavy atom. The molecular formula is C31H33N5O7S. The molecule has 3 atom stereocenters. The van der Waals surface area contributed by atoms with Crippen molar-refractivity contribution in [3.63, 3.8) is 0 Å². The van der Waals surface area contributed by atoms with Gasteiger partial charge >= 0.3 is 0 Å². The molecule has 4 N–H and O–H groups in total. The van der Waals surface area contributed by atoms with Crippen molar-refractivity contribution in [1.82, 2.24) is 26.0 Å². The molecule has 1 fully saturated rings. The van der Waals surface area contributed by atoms with Gasteiger partial charge in [0.05, 0.1) is 11.0 Å². The number of carbonyl (C=O) groups excluding carboxylic acids is 5. The van der Waals surface area contributed by atoms with E-state index in [1.54, 1.807) is 37.3 Å². The minimum atomic E-state index is -1.40. The summed E-state index contributed by atoms with van der Waals surface area (Å²) in [6, 6.07) is 13.5. The van der Waals surface area contributed by atoms with Crippen LogP contribution in [0.15, 0.2) is 64.0 Å². The number of hydrogen-bond acceptors (Lipinski definition) is 9. The topological polar surface area (TPSA) is 171 Å². The largest absolute Gasteiger partial charge is 0.391 e. The number of aryl methyl sites for hydroxylation is 2. The van der Waals surface area contributed by atoms with Gasteiger partial charge in [0.2, 0.25) is 11.8 Å². The van der Waals surface area contributed by atoms with E-state index in [1.807, 2.05) is 31.2 Å². The highest BCUT2D eigenvalue weighted by molar-refractivity contribution is 8.18. The number of benzene rings is 2. The molecule has 1 aromatic heterocycles. The fourth-order valence-corrected chi connectivity index (χ4v) is 5.15. The molecule has 0 bridgehead atoms. The van der Waals surface area contributed by atoms with E-state index in [-0.39, 0.29) is 28.8 Å². The second kappa shape index (κ2) is 14.1. The Balaban J connectivity index is 1.54. The molecule has 5 amide bonds. The molecule has 2 heterocycles. The Kier molecular flexibility index (Phi) is 10.3. The van der Waals surface area contributed by atoms with E-state index in [0.717, 1.165) is 27.8 Å². The van der Waals surface area contributed by atoms with Gasteiger partial charge in [-0.2, -0.15) is 0 Å². The zero-order valence-electron chi connectivity index (χ0n) is 24.6. The Morgan fingerprint density at radius 1 is 1.02 bits per heavy atom. The van der Waals surface area contributed by atoms with Crippen LogP contribution in [0.25, 0.3) is 6.08 Å². The standard InChI is InChI=1S/C31H33N5O7S/c1-17-8-10-20(11-9-17)16-32-27(38)23(33-29(40)26(19(3)37)34-28(39)24-12-18(2)43-35-24)14-21-6-5-7-22(13-21)15-25-30(41)36(4)31(42)44-25/h5-13,15,19,23,26,37H,14,16H2,1-4H3,(H,32,38)(H,33,40)(H,34,39)/b25-15+/t19-,23+,26+/m1/s1. The van der Waals surface area contributed by atoms with Crippen molar-refractivity contribution in [1.29, 1.82) is 0 Å². The summed E-state index contributed by atoms with van der Waals surface area (Å²) in [6.45, 7) is 5.11. The summed E-state index contributed by atoms with van der Waals surface area (Å²) in [5, 5.41) is 21.6. The van der Waals surface area contributed by atoms with Gasteiger partial charge in [-0.3, -0.25) is 28.9 Å². The van der Waals surface area contributed by atoms with Gasteiger partial charge in [0.15, 0.2) is 5.69 Å². The zero-order chi connectivity index (χ0) is 32.0. The van der Waals surface area contributed by atoms with Crippen molar-refractivity contribution >= 4 is 46.7 Å². The Hall–Kier alpha value is -4.75. The monoisotopic (exact) mass is 619 g/mol. The SMILES string of the molecule is Cc1ccc(CNC(=O)[C@H](Cc2cccc(/C=C3/SC(=O)N(C)C3=O)c2)NC(=O)[C@@H](NC(=O)c2cc(C)on2)[C@@H](C)O)cc1. The molecule has 0 radical (unpaired) electrons. The first-order valence-electron chi connectivity index (χ1n) is 13.8. The maximum atomic E-state index is 13.4. The van der Waals surface area contributed by atoms with Gasteiger partial charge in [-0.1, -0.05) is 59.3 Å². The molecule has 0 spiro atoms. The van der Waals surface area contributed by atoms with Crippen molar-refractivity contribution in [2.75, 3.05) is 7.05 Å². The predicted molar refractivity (Wildman–Crippen MR) is 163 cm³/mol. The number of likely N-dealkylation sites (N-methyl/N-ethyl adjacent to an activating group) is 1. The molecule has 2 aromatic carbocycles. The first-order chi connectivity index (χ1) is 20.9. The number of nitrogens with one attached hydrogen (secondary N) is 3. The maximum absolute atomic E-state index is 13.4. The lowest BCUT2D eigenvalue weighted by Gasteiger charge is -2.24. The van der Waals surface area contributed by atoms with Crippen LogP contribution in [0.3, 0.4) is 0 Å².